The normalized spacial score (nSPS) is 12.4. The van der Waals surface area contributed by atoms with Crippen molar-refractivity contribution in [1.82, 2.24) is 16.0 Å². The van der Waals surface area contributed by atoms with E-state index in [1.807, 2.05) is 30.3 Å². The number of carboxylic acids is 1. The molecule has 0 bridgehead atoms. The van der Waals surface area contributed by atoms with Gasteiger partial charge in [0.2, 0.25) is 5.91 Å². The number of nitrogens with one attached hydrogen (secondary N) is 3. The van der Waals surface area contributed by atoms with Crippen molar-refractivity contribution in [2.45, 2.75) is 58.0 Å². The summed E-state index contributed by atoms with van der Waals surface area (Å²) in [5.41, 5.74) is 6.33. The third kappa shape index (κ3) is 11.6. The fourth-order valence-corrected chi connectivity index (χ4v) is 2.77. The Labute approximate surface area is 184 Å². The Hall–Kier alpha value is -2.32. The van der Waals surface area contributed by atoms with Crippen LogP contribution in [0.2, 0.25) is 0 Å². The van der Waals surface area contributed by atoms with E-state index in [0.717, 1.165) is 12.0 Å². The fraction of sp³-hybridized carbons (Fsp3) is 0.571. The Morgan fingerprint density at radius 3 is 2.20 bits per heavy atom. The average Bonchev–Trinajstić information content (AvgIpc) is 2.67. The zero-order valence-electron chi connectivity index (χ0n) is 17.7. The van der Waals surface area contributed by atoms with Gasteiger partial charge in [-0.1, -0.05) is 44.2 Å². The van der Waals surface area contributed by atoms with Gasteiger partial charge in [-0.3, -0.25) is 4.79 Å². The predicted molar refractivity (Wildman–Crippen MR) is 120 cm³/mol. The highest BCUT2D eigenvalue weighted by Gasteiger charge is 2.24. The number of carboxylic acid groups (broad SMARTS) is 1. The summed E-state index contributed by atoms with van der Waals surface area (Å²) in [5.74, 6) is -0.957. The van der Waals surface area contributed by atoms with Crippen molar-refractivity contribution >= 4 is 30.3 Å². The van der Waals surface area contributed by atoms with Gasteiger partial charge in [-0.05, 0) is 43.7 Å². The van der Waals surface area contributed by atoms with Gasteiger partial charge in [-0.2, -0.15) is 0 Å². The second-order valence-corrected chi connectivity index (χ2v) is 7.51. The minimum absolute atomic E-state index is 0. The number of urea groups is 1. The lowest BCUT2D eigenvalue weighted by atomic mass is 10.0. The fourth-order valence-electron chi connectivity index (χ4n) is 2.77. The molecule has 0 aromatic heterocycles. The highest BCUT2D eigenvalue weighted by atomic mass is 35.5. The van der Waals surface area contributed by atoms with Crippen molar-refractivity contribution in [2.75, 3.05) is 13.1 Å². The Bertz CT molecular complexity index is 643. The van der Waals surface area contributed by atoms with Crippen LogP contribution >= 0.6 is 12.4 Å². The molecule has 170 valence electrons. The number of amides is 3. The molecule has 0 radical (unpaired) electrons. The van der Waals surface area contributed by atoms with Gasteiger partial charge in [0.15, 0.2) is 0 Å². The summed E-state index contributed by atoms with van der Waals surface area (Å²) in [6.07, 6.45) is 2.70. The molecule has 0 aliphatic carbocycles. The van der Waals surface area contributed by atoms with Crippen molar-refractivity contribution in [3.8, 4) is 0 Å². The Balaban J connectivity index is 0.00000841. The summed E-state index contributed by atoms with van der Waals surface area (Å²) in [7, 11) is 0. The van der Waals surface area contributed by atoms with Crippen molar-refractivity contribution in [3.05, 3.63) is 35.9 Å². The van der Waals surface area contributed by atoms with E-state index in [2.05, 4.69) is 29.8 Å². The van der Waals surface area contributed by atoms with E-state index in [4.69, 9.17) is 5.73 Å². The first-order valence-electron chi connectivity index (χ1n) is 10.1. The maximum atomic E-state index is 12.6. The highest BCUT2D eigenvalue weighted by molar-refractivity contribution is 5.89. The van der Waals surface area contributed by atoms with Crippen LogP contribution in [0.25, 0.3) is 0 Å². The number of aliphatic carboxylic acids is 1. The molecule has 0 aliphatic rings. The molecule has 9 heteroatoms. The van der Waals surface area contributed by atoms with Gasteiger partial charge in [0.25, 0.3) is 0 Å². The lowest BCUT2D eigenvalue weighted by Gasteiger charge is -2.21. The molecule has 1 rings (SSSR count). The standard InChI is InChI=1S/C21H34N4O4.ClH/c1-15(2)11-13-23-19(26)18(14-16-8-4-3-5-9-16)25-21(29)24-17(20(27)28)10-6-7-12-22;/h3-5,8-9,15,17-18H,6-7,10-14,22H2,1-2H3,(H,23,26)(H,27,28)(H2,24,25,29);1H/t17-,18+;/m0./s1. The lowest BCUT2D eigenvalue weighted by Crippen LogP contribution is -2.54. The van der Waals surface area contributed by atoms with Crippen LogP contribution in [0.15, 0.2) is 30.3 Å². The van der Waals surface area contributed by atoms with Crippen molar-refractivity contribution in [2.24, 2.45) is 11.7 Å². The van der Waals surface area contributed by atoms with Crippen LogP contribution < -0.4 is 21.7 Å². The molecule has 8 nitrogen and oxygen atoms in total. The molecule has 0 spiro atoms. The van der Waals surface area contributed by atoms with Crippen molar-refractivity contribution in [3.63, 3.8) is 0 Å². The molecule has 30 heavy (non-hydrogen) atoms. The van der Waals surface area contributed by atoms with Gasteiger partial charge in [0.1, 0.15) is 12.1 Å². The number of halogens is 1. The van der Waals surface area contributed by atoms with E-state index < -0.39 is 24.1 Å². The van der Waals surface area contributed by atoms with E-state index in [1.54, 1.807) is 0 Å². The van der Waals surface area contributed by atoms with Crippen LogP contribution in [-0.2, 0) is 16.0 Å². The zero-order valence-corrected chi connectivity index (χ0v) is 18.5. The molecule has 2 atom stereocenters. The number of rotatable bonds is 13. The van der Waals surface area contributed by atoms with Gasteiger partial charge < -0.3 is 26.8 Å². The SMILES string of the molecule is CC(C)CCNC(=O)[C@@H](Cc1ccccc1)NC(=O)N[C@@H](CCCCN)C(=O)O.Cl. The Morgan fingerprint density at radius 1 is 1.00 bits per heavy atom. The number of nitrogens with two attached hydrogens (primary N) is 1. The van der Waals surface area contributed by atoms with Crippen LogP contribution in [0.4, 0.5) is 4.79 Å². The number of carbonyl (C=O) groups is 3. The van der Waals surface area contributed by atoms with Crippen LogP contribution in [0.3, 0.4) is 0 Å². The number of benzene rings is 1. The molecule has 0 saturated heterocycles. The van der Waals surface area contributed by atoms with Gasteiger partial charge in [-0.25, -0.2) is 9.59 Å². The first-order valence-corrected chi connectivity index (χ1v) is 10.1. The van der Waals surface area contributed by atoms with E-state index >= 15 is 0 Å². The Morgan fingerprint density at radius 2 is 1.63 bits per heavy atom. The smallest absolute Gasteiger partial charge is 0.326 e. The van der Waals surface area contributed by atoms with Crippen LogP contribution in [0.1, 0.15) is 45.1 Å². The van der Waals surface area contributed by atoms with Gasteiger partial charge in [-0.15, -0.1) is 12.4 Å². The van der Waals surface area contributed by atoms with Gasteiger partial charge >= 0.3 is 12.0 Å². The molecule has 0 fully saturated rings. The largest absolute Gasteiger partial charge is 0.480 e. The molecule has 6 N–H and O–H groups in total. The third-order valence-electron chi connectivity index (χ3n) is 4.48. The summed E-state index contributed by atoms with van der Waals surface area (Å²) in [6, 6.07) is 6.85. The second kappa shape index (κ2) is 15.5. The summed E-state index contributed by atoms with van der Waals surface area (Å²) < 4.78 is 0. The molecular weight excluding hydrogens is 408 g/mol. The average molecular weight is 443 g/mol. The van der Waals surface area contributed by atoms with E-state index in [1.165, 1.54) is 0 Å². The van der Waals surface area contributed by atoms with Gasteiger partial charge in [0, 0.05) is 13.0 Å². The quantitative estimate of drug-likeness (QED) is 0.298. The lowest BCUT2D eigenvalue weighted by molar-refractivity contribution is -0.139. The first kappa shape index (κ1) is 27.7. The van der Waals surface area contributed by atoms with Crippen molar-refractivity contribution in [1.29, 1.82) is 0 Å². The molecule has 0 unspecified atom stereocenters. The molecule has 0 aliphatic heterocycles. The predicted octanol–water partition coefficient (Wildman–Crippen LogP) is 2.06. The summed E-state index contributed by atoms with van der Waals surface area (Å²) >= 11 is 0. The summed E-state index contributed by atoms with van der Waals surface area (Å²) in [4.78, 5) is 36.4. The summed E-state index contributed by atoms with van der Waals surface area (Å²) in [6.45, 7) is 5.11. The van der Waals surface area contributed by atoms with E-state index in [9.17, 15) is 19.5 Å². The molecule has 0 saturated carbocycles. The summed E-state index contributed by atoms with van der Waals surface area (Å²) in [5, 5.41) is 17.2. The molecule has 1 aromatic carbocycles. The van der Waals surface area contributed by atoms with E-state index in [-0.39, 0.29) is 24.7 Å². The second-order valence-electron chi connectivity index (χ2n) is 7.51. The van der Waals surface area contributed by atoms with Crippen LogP contribution in [-0.4, -0.2) is 48.2 Å². The molecule has 3 amide bonds. The monoisotopic (exact) mass is 442 g/mol. The third-order valence-corrected chi connectivity index (χ3v) is 4.48. The van der Waals surface area contributed by atoms with Gasteiger partial charge in [0.05, 0.1) is 0 Å². The van der Waals surface area contributed by atoms with Crippen LogP contribution in [0.5, 0.6) is 0 Å². The molecule has 0 heterocycles. The maximum absolute atomic E-state index is 12.6. The minimum Gasteiger partial charge on any atom is -0.480 e. The maximum Gasteiger partial charge on any atom is 0.326 e. The minimum atomic E-state index is -1.11. The van der Waals surface area contributed by atoms with Crippen molar-refractivity contribution < 1.29 is 19.5 Å². The van der Waals surface area contributed by atoms with Crippen LogP contribution in [0, 0.1) is 5.92 Å². The first-order chi connectivity index (χ1) is 13.8. The van der Waals surface area contributed by atoms with E-state index in [0.29, 0.717) is 38.3 Å². The number of carbonyl (C=O) groups excluding carboxylic acids is 2. The molecule has 1 aromatic rings. The molecular formula is C21H35ClN4O4. The highest BCUT2D eigenvalue weighted by Crippen LogP contribution is 2.05. The number of unbranched alkanes of at least 4 members (excludes halogenated alkanes) is 1. The zero-order chi connectivity index (χ0) is 21.6. The number of hydrogen-bond acceptors (Lipinski definition) is 4. The topological polar surface area (TPSA) is 134 Å². The Kier molecular flexibility index (Phi) is 14.3. The number of hydrogen-bond donors (Lipinski definition) is 5.